The monoisotopic (exact) mass is 416 g/mol. The number of hydrogen-bond acceptors (Lipinski definition) is 1. The SMILES string of the molecule is CCC1CCC(c2cc(F)c(Cc3ccc(OC(F)(F)F)c(F)c3)c(F)c2)CC1. The average Bonchev–Trinajstić information content (AvgIpc) is 2.66. The third-order valence-electron chi connectivity index (χ3n) is 5.66. The largest absolute Gasteiger partial charge is 0.573 e. The van der Waals surface area contributed by atoms with Gasteiger partial charge in [-0.1, -0.05) is 19.4 Å². The molecule has 0 heterocycles. The van der Waals surface area contributed by atoms with E-state index in [1.165, 1.54) is 12.1 Å². The molecule has 3 rings (SSSR count). The number of ether oxygens (including phenoxy) is 1. The fourth-order valence-electron chi connectivity index (χ4n) is 4.00. The smallest absolute Gasteiger partial charge is 0.403 e. The Balaban J connectivity index is 1.76. The lowest BCUT2D eigenvalue weighted by molar-refractivity contribution is -0.275. The highest BCUT2D eigenvalue weighted by Gasteiger charge is 2.32. The van der Waals surface area contributed by atoms with Gasteiger partial charge in [-0.25, -0.2) is 13.2 Å². The van der Waals surface area contributed by atoms with Crippen molar-refractivity contribution in [1.29, 1.82) is 0 Å². The van der Waals surface area contributed by atoms with Crippen molar-refractivity contribution in [2.45, 2.75) is 57.7 Å². The summed E-state index contributed by atoms with van der Waals surface area (Å²) in [5.74, 6) is -2.90. The Morgan fingerprint density at radius 2 is 1.52 bits per heavy atom. The molecule has 1 aliphatic carbocycles. The summed E-state index contributed by atoms with van der Waals surface area (Å²) >= 11 is 0. The summed E-state index contributed by atoms with van der Waals surface area (Å²) in [5.41, 5.74) is 0.532. The molecule has 1 aliphatic rings. The average molecular weight is 416 g/mol. The molecule has 1 saturated carbocycles. The van der Waals surface area contributed by atoms with Crippen molar-refractivity contribution in [1.82, 2.24) is 0 Å². The van der Waals surface area contributed by atoms with Crippen molar-refractivity contribution in [3.63, 3.8) is 0 Å². The van der Waals surface area contributed by atoms with Gasteiger partial charge >= 0.3 is 6.36 Å². The second-order valence-electron chi connectivity index (χ2n) is 7.58. The number of halogens is 6. The van der Waals surface area contributed by atoms with Gasteiger partial charge in [-0.2, -0.15) is 0 Å². The molecule has 1 fully saturated rings. The van der Waals surface area contributed by atoms with Crippen LogP contribution in [0, 0.1) is 23.4 Å². The third-order valence-corrected chi connectivity index (χ3v) is 5.66. The lowest BCUT2D eigenvalue weighted by atomic mass is 9.77. The Kier molecular flexibility index (Phi) is 6.44. The van der Waals surface area contributed by atoms with Gasteiger partial charge in [-0.3, -0.25) is 0 Å². The van der Waals surface area contributed by atoms with Gasteiger partial charge in [0.2, 0.25) is 0 Å². The molecule has 0 aromatic heterocycles. The highest BCUT2D eigenvalue weighted by molar-refractivity contribution is 5.36. The fraction of sp³-hybridized carbons (Fsp3) is 0.455. The number of rotatable bonds is 5. The van der Waals surface area contributed by atoms with Crippen molar-refractivity contribution in [3.05, 3.63) is 64.5 Å². The topological polar surface area (TPSA) is 9.23 Å². The van der Waals surface area contributed by atoms with Gasteiger partial charge in [-0.05, 0) is 72.9 Å². The van der Waals surface area contributed by atoms with Gasteiger partial charge < -0.3 is 4.74 Å². The van der Waals surface area contributed by atoms with Crippen LogP contribution in [0.15, 0.2) is 30.3 Å². The van der Waals surface area contributed by atoms with E-state index in [4.69, 9.17) is 0 Å². The molecular weight excluding hydrogens is 394 g/mol. The van der Waals surface area contributed by atoms with Crippen molar-refractivity contribution >= 4 is 0 Å². The van der Waals surface area contributed by atoms with E-state index in [-0.39, 0.29) is 23.5 Å². The lowest BCUT2D eigenvalue weighted by Crippen LogP contribution is -2.18. The zero-order valence-corrected chi connectivity index (χ0v) is 16.0. The highest BCUT2D eigenvalue weighted by Crippen LogP contribution is 2.38. The van der Waals surface area contributed by atoms with Crippen LogP contribution in [0.3, 0.4) is 0 Å². The summed E-state index contributed by atoms with van der Waals surface area (Å²) in [5, 5.41) is 0. The molecule has 0 saturated heterocycles. The van der Waals surface area contributed by atoms with Crippen LogP contribution < -0.4 is 4.74 Å². The molecule has 0 bridgehead atoms. The molecular formula is C22H22F6O. The number of benzene rings is 2. The molecule has 0 atom stereocenters. The number of alkyl halides is 3. The minimum absolute atomic E-state index is 0.118. The van der Waals surface area contributed by atoms with Crippen molar-refractivity contribution in [2.75, 3.05) is 0 Å². The molecule has 0 aliphatic heterocycles. The molecule has 7 heteroatoms. The van der Waals surface area contributed by atoms with Gasteiger partial charge in [-0.15, -0.1) is 13.2 Å². The molecule has 0 unspecified atom stereocenters. The van der Waals surface area contributed by atoms with Crippen molar-refractivity contribution in [3.8, 4) is 5.75 Å². The van der Waals surface area contributed by atoms with Crippen LogP contribution in [0.5, 0.6) is 5.75 Å². The third kappa shape index (κ3) is 5.46. The molecule has 158 valence electrons. The second kappa shape index (κ2) is 8.67. The van der Waals surface area contributed by atoms with E-state index in [0.29, 0.717) is 11.5 Å². The molecule has 1 nitrogen and oxygen atoms in total. The summed E-state index contributed by atoms with van der Waals surface area (Å²) in [4.78, 5) is 0. The van der Waals surface area contributed by atoms with Gasteiger partial charge in [0, 0.05) is 12.0 Å². The standard InChI is InChI=1S/C22H22F6O/c1-2-13-3-6-15(7-4-13)16-11-18(23)17(19(24)12-16)9-14-5-8-21(20(25)10-14)29-22(26,27)28/h5,8,10-13,15H,2-4,6-7,9H2,1H3. The molecule has 29 heavy (non-hydrogen) atoms. The first-order chi connectivity index (χ1) is 13.7. The maximum absolute atomic E-state index is 14.6. The van der Waals surface area contributed by atoms with E-state index in [1.54, 1.807) is 0 Å². The highest BCUT2D eigenvalue weighted by atomic mass is 19.4. The van der Waals surface area contributed by atoms with Crippen molar-refractivity contribution < 1.29 is 31.1 Å². The maximum Gasteiger partial charge on any atom is 0.573 e. The molecule has 0 radical (unpaired) electrons. The van der Waals surface area contributed by atoms with Crippen LogP contribution in [0.2, 0.25) is 0 Å². The Labute approximate surface area is 165 Å². The van der Waals surface area contributed by atoms with Crippen LogP contribution in [-0.2, 0) is 6.42 Å². The molecule has 0 amide bonds. The first kappa shape index (κ1) is 21.5. The van der Waals surface area contributed by atoms with Crippen LogP contribution >= 0.6 is 0 Å². The summed E-state index contributed by atoms with van der Waals surface area (Å²) in [6, 6.07) is 5.40. The van der Waals surface area contributed by atoms with Crippen LogP contribution in [0.4, 0.5) is 26.3 Å². The Morgan fingerprint density at radius 3 is 2.03 bits per heavy atom. The normalized spacial score (nSPS) is 20.0. The van der Waals surface area contributed by atoms with Crippen LogP contribution in [0.25, 0.3) is 0 Å². The Morgan fingerprint density at radius 1 is 0.897 bits per heavy atom. The van der Waals surface area contributed by atoms with Gasteiger partial charge in [0.1, 0.15) is 11.6 Å². The number of hydrogen-bond donors (Lipinski definition) is 0. The predicted molar refractivity (Wildman–Crippen MR) is 97.2 cm³/mol. The van der Waals surface area contributed by atoms with Crippen molar-refractivity contribution in [2.24, 2.45) is 5.92 Å². The quantitative estimate of drug-likeness (QED) is 0.466. The Bertz CT molecular complexity index is 830. The van der Waals surface area contributed by atoms with Gasteiger partial charge in [0.15, 0.2) is 11.6 Å². The van der Waals surface area contributed by atoms with E-state index in [0.717, 1.165) is 50.3 Å². The van der Waals surface area contributed by atoms with Crippen LogP contribution in [0.1, 0.15) is 61.6 Å². The Hall–Kier alpha value is -2.18. The zero-order chi connectivity index (χ0) is 21.2. The first-order valence-corrected chi connectivity index (χ1v) is 9.68. The molecule has 0 spiro atoms. The summed E-state index contributed by atoms with van der Waals surface area (Å²) in [6.45, 7) is 2.14. The van der Waals surface area contributed by atoms with Gasteiger partial charge in [0.05, 0.1) is 0 Å². The molecule has 2 aromatic rings. The first-order valence-electron chi connectivity index (χ1n) is 9.68. The van der Waals surface area contributed by atoms with E-state index in [9.17, 15) is 26.3 Å². The summed E-state index contributed by atoms with van der Waals surface area (Å²) in [6.07, 6.45) is -0.324. The van der Waals surface area contributed by atoms with E-state index < -0.39 is 29.6 Å². The zero-order valence-electron chi connectivity index (χ0n) is 16.0. The molecule has 2 aromatic carbocycles. The molecule has 0 N–H and O–H groups in total. The predicted octanol–water partition coefficient (Wildman–Crippen LogP) is 7.28. The van der Waals surface area contributed by atoms with Crippen LogP contribution in [-0.4, -0.2) is 6.36 Å². The van der Waals surface area contributed by atoms with Gasteiger partial charge in [0.25, 0.3) is 0 Å². The minimum Gasteiger partial charge on any atom is -0.403 e. The maximum atomic E-state index is 14.6. The summed E-state index contributed by atoms with van der Waals surface area (Å²) < 4.78 is 83.2. The minimum atomic E-state index is -5.02. The van der Waals surface area contributed by atoms with E-state index in [1.807, 2.05) is 0 Å². The lowest BCUT2D eigenvalue weighted by Gasteiger charge is -2.28. The summed E-state index contributed by atoms with van der Waals surface area (Å²) in [7, 11) is 0. The second-order valence-corrected chi connectivity index (χ2v) is 7.58. The van der Waals surface area contributed by atoms with E-state index >= 15 is 0 Å². The fourth-order valence-corrected chi connectivity index (χ4v) is 4.00. The van der Waals surface area contributed by atoms with E-state index in [2.05, 4.69) is 11.7 Å².